The third-order valence-electron chi connectivity index (χ3n) is 8.20. The number of amides is 3. The van der Waals surface area contributed by atoms with Crippen LogP contribution in [0.3, 0.4) is 0 Å². The lowest BCUT2D eigenvalue weighted by atomic mass is 9.78. The summed E-state index contributed by atoms with van der Waals surface area (Å²) in [6.45, 7) is 7.53. The molecule has 0 spiro atoms. The van der Waals surface area contributed by atoms with Crippen molar-refractivity contribution < 1.29 is 29.4 Å². The van der Waals surface area contributed by atoms with Gasteiger partial charge in [-0.05, 0) is 23.8 Å². The molecule has 6 atom stereocenters. The molecule has 218 valence electrons. The maximum atomic E-state index is 13.2. The predicted molar refractivity (Wildman–Crippen MR) is 141 cm³/mol. The molecule has 1 unspecified atom stereocenters. The second-order valence-corrected chi connectivity index (χ2v) is 12.1. The highest BCUT2D eigenvalue weighted by atomic mass is 32.2. The first-order valence-corrected chi connectivity index (χ1v) is 14.4. The Morgan fingerprint density at radius 3 is 2.65 bits per heavy atom. The number of fused-ring (bicyclic) bond motifs is 1. The number of carbonyl (C=O) groups excluding carboxylic acids is 3. The normalized spacial score (nSPS) is 29.4. The van der Waals surface area contributed by atoms with Gasteiger partial charge in [-0.2, -0.15) is 0 Å². The highest BCUT2D eigenvalue weighted by molar-refractivity contribution is 8.03. The maximum absolute atomic E-state index is 13.2. The minimum atomic E-state index is -1.15. The van der Waals surface area contributed by atoms with E-state index in [9.17, 15) is 24.3 Å². The molecule has 0 aromatic carbocycles. The molecule has 4 N–H and O–H groups in total. The Labute approximate surface area is 235 Å². The van der Waals surface area contributed by atoms with Crippen molar-refractivity contribution >= 4 is 35.5 Å². The zero-order chi connectivity index (χ0) is 28.6. The van der Waals surface area contributed by atoms with E-state index in [0.717, 1.165) is 13.1 Å². The molecule has 16 heteroatoms. The van der Waals surface area contributed by atoms with Gasteiger partial charge >= 0.3 is 5.97 Å². The summed E-state index contributed by atoms with van der Waals surface area (Å²) >= 11 is 1.44. The van der Waals surface area contributed by atoms with Crippen molar-refractivity contribution in [1.29, 1.82) is 0 Å². The van der Waals surface area contributed by atoms with Gasteiger partial charge in [-0.1, -0.05) is 6.92 Å². The van der Waals surface area contributed by atoms with Gasteiger partial charge in [0, 0.05) is 61.4 Å². The number of piperazine rings is 1. The van der Waals surface area contributed by atoms with Crippen molar-refractivity contribution in [2.24, 2.45) is 11.8 Å². The van der Waals surface area contributed by atoms with Crippen LogP contribution in [0, 0.1) is 11.8 Å². The van der Waals surface area contributed by atoms with Gasteiger partial charge in [0.25, 0.3) is 0 Å². The van der Waals surface area contributed by atoms with E-state index < -0.39 is 17.9 Å². The average molecular weight is 578 g/mol. The molecule has 1 aromatic heterocycles. The van der Waals surface area contributed by atoms with Crippen molar-refractivity contribution in [3.05, 3.63) is 16.9 Å². The fourth-order valence-electron chi connectivity index (χ4n) is 6.20. The van der Waals surface area contributed by atoms with E-state index in [2.05, 4.69) is 31.1 Å². The van der Waals surface area contributed by atoms with E-state index in [1.807, 2.05) is 11.8 Å². The van der Waals surface area contributed by atoms with Gasteiger partial charge in [0.15, 0.2) is 0 Å². The Hall–Kier alpha value is -3.08. The Morgan fingerprint density at radius 2 is 2.00 bits per heavy atom. The van der Waals surface area contributed by atoms with Crippen molar-refractivity contribution in [3.63, 3.8) is 0 Å². The van der Waals surface area contributed by atoms with E-state index in [1.54, 1.807) is 6.92 Å². The molecule has 40 heavy (non-hydrogen) atoms. The predicted octanol–water partition coefficient (Wildman–Crippen LogP) is -2.45. The Morgan fingerprint density at radius 1 is 1.25 bits per heavy atom. The van der Waals surface area contributed by atoms with Crippen LogP contribution in [0.4, 0.5) is 0 Å². The molecule has 0 aliphatic carbocycles. The standard InChI is InChI=1S/C24H35N9O6S/c1-13-19-18(14(2)27-17(35)11-32-12-26-28-29-32)23(37)33(19)20(24(38)39)21(13)40-15-9-16(25-10-15)22(36)31-5-3-30(4-6-31)7-8-34/h12-16,18-19,25,34H,3-11H2,1-2H3,(H,27,35)(H,38,39)/t13-,14?,15+,16+,18-,19-/m1/s1. The molecular formula is C24H35N9O6S. The van der Waals surface area contributed by atoms with Gasteiger partial charge in [0.2, 0.25) is 17.7 Å². The topological polar surface area (TPSA) is 186 Å². The van der Waals surface area contributed by atoms with E-state index in [4.69, 9.17) is 5.11 Å². The fraction of sp³-hybridized carbons (Fsp3) is 0.708. The Kier molecular flexibility index (Phi) is 8.39. The van der Waals surface area contributed by atoms with Crippen LogP contribution in [-0.4, -0.2) is 138 Å². The molecule has 4 aliphatic heterocycles. The van der Waals surface area contributed by atoms with Crippen molar-refractivity contribution in [3.8, 4) is 0 Å². The summed E-state index contributed by atoms with van der Waals surface area (Å²) in [7, 11) is 0. The van der Waals surface area contributed by atoms with E-state index in [0.29, 0.717) is 37.5 Å². The van der Waals surface area contributed by atoms with Crippen LogP contribution < -0.4 is 10.6 Å². The summed E-state index contributed by atoms with van der Waals surface area (Å²) in [4.78, 5) is 57.0. The molecule has 1 aromatic rings. The number of thioether (sulfide) groups is 1. The van der Waals surface area contributed by atoms with E-state index >= 15 is 0 Å². The summed E-state index contributed by atoms with van der Waals surface area (Å²) in [5, 5.41) is 36.0. The quantitative estimate of drug-likeness (QED) is 0.216. The number of β-lactam (4-membered cyclic amide) rings is 1. The second kappa shape index (κ2) is 11.8. The summed E-state index contributed by atoms with van der Waals surface area (Å²) < 4.78 is 1.28. The van der Waals surface area contributed by atoms with Crippen molar-refractivity contribution in [2.45, 2.75) is 50.2 Å². The Bertz CT molecular complexity index is 1170. The van der Waals surface area contributed by atoms with Gasteiger partial charge in [-0.3, -0.25) is 19.3 Å². The van der Waals surface area contributed by atoms with E-state index in [1.165, 1.54) is 27.7 Å². The van der Waals surface area contributed by atoms with Crippen molar-refractivity contribution in [2.75, 3.05) is 45.9 Å². The molecule has 5 rings (SSSR count). The number of aliphatic hydroxyl groups excluding tert-OH is 1. The number of rotatable bonds is 10. The molecule has 0 saturated carbocycles. The molecule has 3 fully saturated rings. The van der Waals surface area contributed by atoms with Crippen molar-refractivity contribution in [1.82, 2.24) is 45.5 Å². The van der Waals surface area contributed by atoms with Crippen LogP contribution in [-0.2, 0) is 25.7 Å². The SMILES string of the molecule is CC(NC(=O)Cn1cnnn1)[C@H]1C(=O)N2C(C(=O)O)=C(S[C@@H]3CN[C@H](C(=O)N4CCN(CCO)CC4)C3)[C@H](C)[C@H]12. The zero-order valence-electron chi connectivity index (χ0n) is 22.5. The molecule has 3 saturated heterocycles. The molecule has 0 radical (unpaired) electrons. The lowest BCUT2D eigenvalue weighted by Crippen LogP contribution is -2.66. The highest BCUT2D eigenvalue weighted by Crippen LogP contribution is 2.51. The highest BCUT2D eigenvalue weighted by Gasteiger charge is 2.60. The van der Waals surface area contributed by atoms with Crippen LogP contribution in [0.15, 0.2) is 16.9 Å². The number of β-amino-alcohol motifs (C(OH)–C–C–N with tert-alkyl or cyclic N) is 1. The van der Waals surface area contributed by atoms with Gasteiger partial charge in [0.05, 0.1) is 24.6 Å². The Balaban J connectivity index is 1.19. The van der Waals surface area contributed by atoms with Crippen LogP contribution in [0.1, 0.15) is 20.3 Å². The average Bonchev–Trinajstić information content (AvgIpc) is 3.65. The number of aliphatic hydroxyl groups is 1. The first-order chi connectivity index (χ1) is 19.2. The first-order valence-electron chi connectivity index (χ1n) is 13.5. The lowest BCUT2D eigenvalue weighted by Gasteiger charge is -2.47. The van der Waals surface area contributed by atoms with Crippen LogP contribution >= 0.6 is 11.8 Å². The summed E-state index contributed by atoms with van der Waals surface area (Å²) in [6, 6.07) is -1.21. The number of aliphatic carboxylic acids is 1. The number of hydrogen-bond acceptors (Lipinski definition) is 11. The van der Waals surface area contributed by atoms with Gasteiger partial charge < -0.3 is 30.6 Å². The number of aromatic nitrogens is 4. The zero-order valence-corrected chi connectivity index (χ0v) is 23.3. The van der Waals surface area contributed by atoms with E-state index in [-0.39, 0.29) is 59.8 Å². The third-order valence-corrected chi connectivity index (χ3v) is 9.71. The van der Waals surface area contributed by atoms with Gasteiger partial charge in [-0.25, -0.2) is 9.48 Å². The van der Waals surface area contributed by atoms with Crippen LogP contribution in [0.5, 0.6) is 0 Å². The van der Waals surface area contributed by atoms with Gasteiger partial charge in [0.1, 0.15) is 18.6 Å². The molecule has 15 nitrogen and oxygen atoms in total. The summed E-state index contributed by atoms with van der Waals surface area (Å²) in [6.07, 6.45) is 1.89. The number of carbonyl (C=O) groups is 4. The van der Waals surface area contributed by atoms with Gasteiger partial charge in [-0.15, -0.1) is 16.9 Å². The van der Waals surface area contributed by atoms with Crippen LogP contribution in [0.2, 0.25) is 0 Å². The minimum Gasteiger partial charge on any atom is -0.477 e. The van der Waals surface area contributed by atoms with Crippen LogP contribution in [0.25, 0.3) is 0 Å². The molecule has 3 amide bonds. The fourth-order valence-corrected chi connectivity index (χ4v) is 7.68. The summed E-state index contributed by atoms with van der Waals surface area (Å²) in [5.41, 5.74) is 0.00532. The number of nitrogens with one attached hydrogen (secondary N) is 2. The minimum absolute atomic E-state index is 0.00532. The largest absolute Gasteiger partial charge is 0.477 e. The molecular weight excluding hydrogens is 542 g/mol. The lowest BCUT2D eigenvalue weighted by molar-refractivity contribution is -0.158. The smallest absolute Gasteiger partial charge is 0.353 e. The molecule has 4 aliphatic rings. The molecule has 5 heterocycles. The second-order valence-electron chi connectivity index (χ2n) is 10.7. The number of carboxylic acids is 1. The summed E-state index contributed by atoms with van der Waals surface area (Å²) in [5.74, 6) is -2.56. The third kappa shape index (κ3) is 5.44. The number of nitrogens with zero attached hydrogens (tertiary/aromatic N) is 7. The number of carboxylic acid groups (broad SMARTS) is 1. The number of tetrazole rings is 1. The first kappa shape index (κ1) is 28.4. The monoisotopic (exact) mass is 577 g/mol. The molecule has 0 bridgehead atoms. The maximum Gasteiger partial charge on any atom is 0.353 e. The number of hydrogen-bond donors (Lipinski definition) is 4.